The second-order valence-corrected chi connectivity index (χ2v) is 11.3. The first kappa shape index (κ1) is 23.0. The lowest BCUT2D eigenvalue weighted by Gasteiger charge is -2.27. The van der Waals surface area contributed by atoms with E-state index in [0.29, 0.717) is 17.8 Å². The van der Waals surface area contributed by atoms with Crippen LogP contribution in [0.5, 0.6) is 0 Å². The summed E-state index contributed by atoms with van der Waals surface area (Å²) in [6.07, 6.45) is 0. The summed E-state index contributed by atoms with van der Waals surface area (Å²) in [7, 11) is 0. The van der Waals surface area contributed by atoms with Crippen molar-refractivity contribution in [1.29, 1.82) is 0 Å². The lowest BCUT2D eigenvalue weighted by atomic mass is 9.77. The molecule has 4 rings (SSSR count). The molecule has 0 radical (unpaired) electrons. The molecule has 0 bridgehead atoms. The van der Waals surface area contributed by atoms with E-state index in [1.165, 1.54) is 32.8 Å². The maximum absolute atomic E-state index is 16.5. The van der Waals surface area contributed by atoms with Crippen LogP contribution in [0.2, 0.25) is 0 Å². The van der Waals surface area contributed by atoms with Gasteiger partial charge in [-0.15, -0.1) is 0 Å². The quantitative estimate of drug-likeness (QED) is 0.276. The molecule has 0 aromatic heterocycles. The highest BCUT2D eigenvalue weighted by molar-refractivity contribution is 6.26. The smallest absolute Gasteiger partial charge is 0.135 e. The van der Waals surface area contributed by atoms with Crippen molar-refractivity contribution < 1.29 is 4.39 Å². The van der Waals surface area contributed by atoms with Gasteiger partial charge in [-0.1, -0.05) is 87.4 Å². The van der Waals surface area contributed by atoms with Crippen molar-refractivity contribution in [2.45, 2.75) is 98.8 Å². The molecule has 4 aromatic rings. The SMILES string of the molecule is CC(C)c1cc2c(C(C)C)cc3c(C(C)C)cc(C(C)C)c4c(F)c(C(C)C)c(c1)c2c34. The summed E-state index contributed by atoms with van der Waals surface area (Å²) >= 11 is 0. The lowest BCUT2D eigenvalue weighted by Crippen LogP contribution is -2.06. The molecule has 0 fully saturated rings. The summed E-state index contributed by atoms with van der Waals surface area (Å²) in [6, 6.07) is 9.35. The molecule has 0 heterocycles. The van der Waals surface area contributed by atoms with Crippen molar-refractivity contribution in [3.63, 3.8) is 0 Å². The minimum Gasteiger partial charge on any atom is -0.206 e. The Kier molecular flexibility index (Phi) is 5.76. The summed E-state index contributed by atoms with van der Waals surface area (Å²) in [5, 5.41) is 6.96. The Morgan fingerprint density at radius 3 is 1.47 bits per heavy atom. The zero-order chi connectivity index (χ0) is 23.6. The fourth-order valence-electron chi connectivity index (χ4n) is 5.56. The van der Waals surface area contributed by atoms with E-state index in [9.17, 15) is 0 Å². The normalized spacial score (nSPS) is 13.0. The third kappa shape index (κ3) is 3.31. The van der Waals surface area contributed by atoms with Gasteiger partial charge in [0, 0.05) is 10.8 Å². The van der Waals surface area contributed by atoms with Crippen LogP contribution >= 0.6 is 0 Å². The fraction of sp³-hybridized carbons (Fsp3) is 0.484. The van der Waals surface area contributed by atoms with Gasteiger partial charge in [-0.05, 0) is 85.0 Å². The van der Waals surface area contributed by atoms with E-state index in [0.717, 1.165) is 27.3 Å². The Morgan fingerprint density at radius 1 is 0.469 bits per heavy atom. The monoisotopic (exact) mass is 430 g/mol. The van der Waals surface area contributed by atoms with Gasteiger partial charge in [-0.2, -0.15) is 0 Å². The zero-order valence-electron chi connectivity index (χ0n) is 21.6. The van der Waals surface area contributed by atoms with E-state index in [4.69, 9.17) is 0 Å². The van der Waals surface area contributed by atoms with E-state index >= 15 is 4.39 Å². The van der Waals surface area contributed by atoms with Gasteiger partial charge < -0.3 is 0 Å². The van der Waals surface area contributed by atoms with Crippen LogP contribution in [0.4, 0.5) is 4.39 Å². The van der Waals surface area contributed by atoms with Gasteiger partial charge in [0.2, 0.25) is 0 Å². The molecule has 0 aliphatic heterocycles. The first-order chi connectivity index (χ1) is 15.0. The van der Waals surface area contributed by atoms with Gasteiger partial charge in [-0.3, -0.25) is 0 Å². The van der Waals surface area contributed by atoms with Gasteiger partial charge >= 0.3 is 0 Å². The minimum atomic E-state index is -0.00370. The number of hydrogen-bond donors (Lipinski definition) is 0. The third-order valence-electron chi connectivity index (χ3n) is 7.31. The van der Waals surface area contributed by atoms with Crippen LogP contribution in [0.3, 0.4) is 0 Å². The van der Waals surface area contributed by atoms with Crippen molar-refractivity contribution in [1.82, 2.24) is 0 Å². The summed E-state index contributed by atoms with van der Waals surface area (Å²) < 4.78 is 16.5. The van der Waals surface area contributed by atoms with E-state index in [1.54, 1.807) is 0 Å². The number of benzene rings is 4. The predicted octanol–water partition coefficient (Wildman–Crippen LogP) is 10.3. The van der Waals surface area contributed by atoms with Gasteiger partial charge in [0.15, 0.2) is 0 Å². The molecule has 0 aliphatic rings. The molecule has 1 heteroatoms. The molecule has 0 saturated carbocycles. The summed E-state index contributed by atoms with van der Waals surface area (Å²) in [4.78, 5) is 0. The second kappa shape index (κ2) is 8.01. The molecule has 0 amide bonds. The van der Waals surface area contributed by atoms with E-state index in [1.807, 2.05) is 0 Å². The van der Waals surface area contributed by atoms with Crippen LogP contribution in [-0.4, -0.2) is 0 Å². The third-order valence-corrected chi connectivity index (χ3v) is 7.31. The molecule has 0 spiro atoms. The maximum Gasteiger partial charge on any atom is 0.135 e. The highest BCUT2D eigenvalue weighted by atomic mass is 19.1. The number of rotatable bonds is 5. The molecule has 0 atom stereocenters. The van der Waals surface area contributed by atoms with Crippen molar-refractivity contribution >= 4 is 32.3 Å². The molecule has 32 heavy (non-hydrogen) atoms. The second-order valence-electron chi connectivity index (χ2n) is 11.3. The minimum absolute atomic E-state index is 0.00370. The fourth-order valence-corrected chi connectivity index (χ4v) is 5.56. The van der Waals surface area contributed by atoms with Crippen LogP contribution in [0.25, 0.3) is 32.3 Å². The van der Waals surface area contributed by atoms with Gasteiger partial charge in [0.25, 0.3) is 0 Å². The Hall–Kier alpha value is -2.15. The molecule has 0 saturated heterocycles. The molecule has 170 valence electrons. The first-order valence-corrected chi connectivity index (χ1v) is 12.5. The number of hydrogen-bond acceptors (Lipinski definition) is 0. The summed E-state index contributed by atoms with van der Waals surface area (Å²) in [6.45, 7) is 22.2. The maximum atomic E-state index is 16.5. The number of halogens is 1. The van der Waals surface area contributed by atoms with Crippen molar-refractivity contribution in [3.05, 3.63) is 57.9 Å². The average molecular weight is 431 g/mol. The first-order valence-electron chi connectivity index (χ1n) is 12.5. The highest BCUT2D eigenvalue weighted by Crippen LogP contribution is 2.48. The summed E-state index contributed by atoms with van der Waals surface area (Å²) in [5.41, 5.74) is 6.05. The Labute approximate surface area is 193 Å². The average Bonchev–Trinajstić information content (AvgIpc) is 2.70. The largest absolute Gasteiger partial charge is 0.206 e. The predicted molar refractivity (Wildman–Crippen MR) is 141 cm³/mol. The Bertz CT molecular complexity index is 1300. The molecule has 0 nitrogen and oxygen atoms in total. The van der Waals surface area contributed by atoms with Crippen molar-refractivity contribution in [3.8, 4) is 0 Å². The van der Waals surface area contributed by atoms with Crippen LogP contribution in [0.15, 0.2) is 24.3 Å². The van der Waals surface area contributed by atoms with Crippen LogP contribution in [0.1, 0.15) is 127 Å². The van der Waals surface area contributed by atoms with E-state index < -0.39 is 0 Å². The lowest BCUT2D eigenvalue weighted by molar-refractivity contribution is 0.611. The van der Waals surface area contributed by atoms with Crippen molar-refractivity contribution in [2.24, 2.45) is 0 Å². The zero-order valence-corrected chi connectivity index (χ0v) is 21.6. The van der Waals surface area contributed by atoms with Gasteiger partial charge in [0.05, 0.1) is 0 Å². The van der Waals surface area contributed by atoms with Gasteiger partial charge in [-0.25, -0.2) is 4.39 Å². The molecule has 4 aromatic carbocycles. The summed E-state index contributed by atoms with van der Waals surface area (Å²) in [5.74, 6) is 1.57. The molecule has 0 N–H and O–H groups in total. The molecular weight excluding hydrogens is 391 g/mol. The molecule has 0 unspecified atom stereocenters. The van der Waals surface area contributed by atoms with Crippen LogP contribution in [0, 0.1) is 5.82 Å². The Balaban J connectivity index is 2.45. The molecular formula is C31H39F. The van der Waals surface area contributed by atoms with E-state index in [-0.39, 0.29) is 17.7 Å². The van der Waals surface area contributed by atoms with Gasteiger partial charge in [0.1, 0.15) is 5.82 Å². The van der Waals surface area contributed by atoms with E-state index in [2.05, 4.69) is 93.5 Å². The Morgan fingerprint density at radius 2 is 0.969 bits per heavy atom. The topological polar surface area (TPSA) is 0 Å². The van der Waals surface area contributed by atoms with Crippen LogP contribution in [-0.2, 0) is 0 Å². The standard InChI is InChI=1S/C31H39F/c1-15(2)20-11-24-22(17(5)6)14-25-21(16(3)4)13-23(18(7)8)30-29(25)28(24)26(12-20)27(19(9)10)31(30)32/h11-19H,1-10H3. The van der Waals surface area contributed by atoms with Crippen LogP contribution < -0.4 is 0 Å². The highest BCUT2D eigenvalue weighted by Gasteiger charge is 2.27. The van der Waals surface area contributed by atoms with Crippen molar-refractivity contribution in [2.75, 3.05) is 0 Å². The molecule has 0 aliphatic carbocycles.